The quantitative estimate of drug-likeness (QED) is 0.307. The summed E-state index contributed by atoms with van der Waals surface area (Å²) in [6.45, 7) is 10.2. The molecule has 1 unspecified atom stereocenters. The van der Waals surface area contributed by atoms with Crippen molar-refractivity contribution in [3.05, 3.63) is 15.8 Å². The number of nitrogens with zero attached hydrogens (tertiary/aromatic N) is 1. The molecule has 2 aliphatic carbocycles. The van der Waals surface area contributed by atoms with Gasteiger partial charge in [0.15, 0.2) is 0 Å². The van der Waals surface area contributed by atoms with Gasteiger partial charge in [0.25, 0.3) is 0 Å². The number of carbonyl (C=O) groups excluding carboxylic acids is 2. The van der Waals surface area contributed by atoms with Crippen LogP contribution in [-0.2, 0) is 14.3 Å². The first kappa shape index (κ1) is 30.2. The minimum atomic E-state index is -1.04. The molecule has 1 heterocycles. The number of carbonyl (C=O) groups is 3. The summed E-state index contributed by atoms with van der Waals surface area (Å²) in [5.41, 5.74) is 6.16. The van der Waals surface area contributed by atoms with Crippen LogP contribution in [0.25, 0.3) is 0 Å². The second-order valence-corrected chi connectivity index (χ2v) is 13.1. The summed E-state index contributed by atoms with van der Waals surface area (Å²) in [4.78, 5) is 41.3. The summed E-state index contributed by atoms with van der Waals surface area (Å²) >= 11 is 1.13. The van der Waals surface area contributed by atoms with E-state index in [9.17, 15) is 19.5 Å². The molecule has 3 rings (SSSR count). The molecule has 0 radical (unpaired) electrons. The van der Waals surface area contributed by atoms with Crippen LogP contribution in [0.5, 0.6) is 0 Å². The van der Waals surface area contributed by atoms with Crippen molar-refractivity contribution in [1.82, 2.24) is 0 Å². The molecule has 0 saturated heterocycles. The molecule has 1 amide bonds. The van der Waals surface area contributed by atoms with Crippen molar-refractivity contribution in [1.29, 1.82) is 0 Å². The van der Waals surface area contributed by atoms with Gasteiger partial charge >= 0.3 is 11.9 Å². The Kier molecular flexibility index (Phi) is 10.4. The normalized spacial score (nSPS) is 24.6. The molecule has 2 aliphatic rings. The molecule has 2 saturated carbocycles. The molecule has 210 valence electrons. The van der Waals surface area contributed by atoms with Crippen LogP contribution in [0.15, 0.2) is 6.07 Å². The van der Waals surface area contributed by atoms with E-state index in [1.807, 2.05) is 27.7 Å². The second-order valence-electron chi connectivity index (χ2n) is 12.1. The van der Waals surface area contributed by atoms with Crippen LogP contribution in [0.1, 0.15) is 113 Å². The van der Waals surface area contributed by atoms with Crippen LogP contribution in [0, 0.1) is 29.1 Å². The zero-order valence-electron chi connectivity index (χ0n) is 23.5. The molecule has 8 heteroatoms. The molecule has 0 bridgehead atoms. The first-order chi connectivity index (χ1) is 17.9. The number of thiophene rings is 1. The van der Waals surface area contributed by atoms with Crippen molar-refractivity contribution in [2.45, 2.75) is 117 Å². The van der Waals surface area contributed by atoms with Gasteiger partial charge in [0, 0.05) is 17.4 Å². The number of esters is 1. The fourth-order valence-electron chi connectivity index (χ4n) is 5.33. The number of carboxylic acid groups (broad SMARTS) is 1. The number of amides is 1. The Morgan fingerprint density at radius 2 is 1.76 bits per heavy atom. The van der Waals surface area contributed by atoms with Crippen molar-refractivity contribution in [3.8, 4) is 11.8 Å². The highest BCUT2D eigenvalue weighted by atomic mass is 32.1. The highest BCUT2D eigenvalue weighted by Crippen LogP contribution is 2.39. The number of rotatable bonds is 8. The van der Waals surface area contributed by atoms with Crippen molar-refractivity contribution >= 4 is 34.9 Å². The molecule has 1 atom stereocenters. The summed E-state index contributed by atoms with van der Waals surface area (Å²) in [5, 5.41) is 10.1. The average molecular weight is 545 g/mol. The van der Waals surface area contributed by atoms with Crippen LogP contribution >= 0.6 is 11.3 Å². The van der Waals surface area contributed by atoms with Gasteiger partial charge in [-0.15, -0.1) is 11.3 Å². The van der Waals surface area contributed by atoms with Gasteiger partial charge in [-0.3, -0.25) is 9.59 Å². The predicted octanol–water partition coefficient (Wildman–Crippen LogP) is 5.99. The number of anilines is 1. The zero-order chi connectivity index (χ0) is 28.0. The molecule has 1 aromatic heterocycles. The lowest BCUT2D eigenvalue weighted by Crippen LogP contribution is -2.47. The Balaban J connectivity index is 1.87. The number of aromatic carboxylic acids is 1. The van der Waals surface area contributed by atoms with Gasteiger partial charge in [0.1, 0.15) is 17.0 Å². The maximum atomic E-state index is 14.0. The largest absolute Gasteiger partial charge is 0.477 e. The molecule has 0 aromatic carbocycles. The molecular formula is C30H44N2O5S. The van der Waals surface area contributed by atoms with E-state index in [2.05, 4.69) is 18.8 Å². The Bertz CT molecular complexity index is 1050. The highest BCUT2D eigenvalue weighted by Gasteiger charge is 2.38. The van der Waals surface area contributed by atoms with E-state index in [1.165, 1.54) is 0 Å². The zero-order valence-corrected chi connectivity index (χ0v) is 24.4. The molecule has 0 aliphatic heterocycles. The molecule has 38 heavy (non-hydrogen) atoms. The predicted molar refractivity (Wildman–Crippen MR) is 151 cm³/mol. The molecule has 2 fully saturated rings. The van der Waals surface area contributed by atoms with E-state index >= 15 is 0 Å². The van der Waals surface area contributed by atoms with Crippen LogP contribution < -0.4 is 10.6 Å². The standard InChI is InChI=1S/C30H44N2O5S/c1-6-7-24(31)29(36)37-22-14-12-21(13-15-22)32(27(33)20-10-8-19(2)9-11-20)25-18-23(16-17-30(3,4)5)38-26(25)28(34)35/h18-22,24H,6-15,31H2,1-5H3,(H,34,35). The fraction of sp³-hybridized carbons (Fsp3) is 0.700. The maximum Gasteiger partial charge on any atom is 0.348 e. The Morgan fingerprint density at radius 1 is 1.13 bits per heavy atom. The van der Waals surface area contributed by atoms with Gasteiger partial charge in [-0.05, 0) is 90.5 Å². The van der Waals surface area contributed by atoms with Crippen LogP contribution in [0.4, 0.5) is 5.69 Å². The monoisotopic (exact) mass is 544 g/mol. The van der Waals surface area contributed by atoms with Crippen molar-refractivity contribution in [2.75, 3.05) is 4.90 Å². The minimum Gasteiger partial charge on any atom is -0.477 e. The Labute approximate surface area is 231 Å². The topological polar surface area (TPSA) is 110 Å². The van der Waals surface area contributed by atoms with Crippen LogP contribution in [-0.4, -0.2) is 41.1 Å². The third-order valence-electron chi connectivity index (χ3n) is 7.52. The second kappa shape index (κ2) is 13.1. The van der Waals surface area contributed by atoms with E-state index < -0.39 is 12.0 Å². The number of ether oxygens (including phenoxy) is 1. The number of hydrogen-bond donors (Lipinski definition) is 2. The van der Waals surface area contributed by atoms with E-state index in [4.69, 9.17) is 10.5 Å². The van der Waals surface area contributed by atoms with Gasteiger partial charge in [-0.25, -0.2) is 4.79 Å². The van der Waals surface area contributed by atoms with Crippen molar-refractivity contribution in [2.24, 2.45) is 23.0 Å². The fourth-order valence-corrected chi connectivity index (χ4v) is 6.17. The summed E-state index contributed by atoms with van der Waals surface area (Å²) < 4.78 is 5.68. The smallest absolute Gasteiger partial charge is 0.348 e. The number of nitrogens with two attached hydrogens (primary N) is 1. The van der Waals surface area contributed by atoms with Gasteiger partial charge in [0.2, 0.25) is 5.91 Å². The third-order valence-corrected chi connectivity index (χ3v) is 8.55. The number of carboxylic acids is 1. The van der Waals surface area contributed by atoms with E-state index in [-0.39, 0.29) is 40.2 Å². The maximum absolute atomic E-state index is 14.0. The van der Waals surface area contributed by atoms with Gasteiger partial charge in [-0.1, -0.05) is 32.1 Å². The minimum absolute atomic E-state index is 0.0120. The average Bonchev–Trinajstić information content (AvgIpc) is 3.28. The lowest BCUT2D eigenvalue weighted by Gasteiger charge is -2.39. The molecule has 1 aromatic rings. The van der Waals surface area contributed by atoms with Crippen molar-refractivity contribution < 1.29 is 24.2 Å². The molecule has 0 spiro atoms. The molecular weight excluding hydrogens is 500 g/mol. The number of hydrogen-bond acceptors (Lipinski definition) is 6. The summed E-state index contributed by atoms with van der Waals surface area (Å²) in [6, 6.07) is 1.02. The summed E-state index contributed by atoms with van der Waals surface area (Å²) in [5.74, 6) is 5.40. The van der Waals surface area contributed by atoms with E-state index in [1.54, 1.807) is 11.0 Å². The SMILES string of the molecule is CCCC(N)C(=O)OC1CCC(N(C(=O)C2CCC(C)CC2)c2cc(C#CC(C)(C)C)sc2C(=O)O)CC1. The third kappa shape index (κ3) is 8.07. The lowest BCUT2D eigenvalue weighted by molar-refractivity contribution is -0.152. The lowest BCUT2D eigenvalue weighted by atomic mass is 9.81. The van der Waals surface area contributed by atoms with Gasteiger partial charge < -0.3 is 20.5 Å². The summed E-state index contributed by atoms with van der Waals surface area (Å²) in [7, 11) is 0. The van der Waals surface area contributed by atoms with Crippen molar-refractivity contribution in [3.63, 3.8) is 0 Å². The Morgan fingerprint density at radius 3 is 2.32 bits per heavy atom. The first-order valence-electron chi connectivity index (χ1n) is 14.1. The first-order valence-corrected chi connectivity index (χ1v) is 14.9. The Hall–Kier alpha value is -2.37. The van der Waals surface area contributed by atoms with Crippen LogP contribution in [0.2, 0.25) is 0 Å². The summed E-state index contributed by atoms with van der Waals surface area (Å²) in [6.07, 6.45) is 7.32. The molecule has 3 N–H and O–H groups in total. The van der Waals surface area contributed by atoms with E-state index in [0.29, 0.717) is 48.6 Å². The molecule has 7 nitrogen and oxygen atoms in total. The van der Waals surface area contributed by atoms with Gasteiger partial charge in [0.05, 0.1) is 10.6 Å². The highest BCUT2D eigenvalue weighted by molar-refractivity contribution is 7.15. The van der Waals surface area contributed by atoms with E-state index in [0.717, 1.165) is 43.4 Å². The van der Waals surface area contributed by atoms with Gasteiger partial charge in [-0.2, -0.15) is 0 Å². The van der Waals surface area contributed by atoms with Crippen LogP contribution in [0.3, 0.4) is 0 Å².